The van der Waals surface area contributed by atoms with Crippen molar-refractivity contribution in [2.45, 2.75) is 51.4 Å². The van der Waals surface area contributed by atoms with Crippen LogP contribution in [0.1, 0.15) is 33.1 Å². The number of ether oxygens (including phenoxy) is 1. The highest BCUT2D eigenvalue weighted by molar-refractivity contribution is 5.85. The minimum atomic E-state index is 0. The Bertz CT molecular complexity index is 183. The number of nitrogens with one attached hydrogen (secondary N) is 1. The van der Waals surface area contributed by atoms with E-state index in [0.29, 0.717) is 12.1 Å². The Labute approximate surface area is 99.0 Å². The Morgan fingerprint density at radius 2 is 2.13 bits per heavy atom. The van der Waals surface area contributed by atoms with E-state index in [2.05, 4.69) is 24.1 Å². The summed E-state index contributed by atoms with van der Waals surface area (Å²) in [6.45, 7) is 7.85. The maximum absolute atomic E-state index is 5.79. The lowest BCUT2D eigenvalue weighted by molar-refractivity contribution is -0.0502. The van der Waals surface area contributed by atoms with Crippen molar-refractivity contribution in [1.29, 1.82) is 0 Å². The van der Waals surface area contributed by atoms with Crippen LogP contribution in [0.25, 0.3) is 0 Å². The first kappa shape index (κ1) is 13.2. The number of hydrogen-bond donors (Lipinski definition) is 1. The summed E-state index contributed by atoms with van der Waals surface area (Å²) < 4.78 is 5.79. The fourth-order valence-electron chi connectivity index (χ4n) is 2.61. The van der Waals surface area contributed by atoms with Gasteiger partial charge in [-0.25, -0.2) is 0 Å². The zero-order valence-corrected chi connectivity index (χ0v) is 10.6. The first-order chi connectivity index (χ1) is 6.79. The quantitative estimate of drug-likeness (QED) is 0.786. The van der Waals surface area contributed by atoms with Crippen LogP contribution in [-0.2, 0) is 4.74 Å². The normalized spacial score (nSPS) is 33.0. The molecule has 2 aliphatic rings. The molecule has 2 aliphatic heterocycles. The van der Waals surface area contributed by atoms with E-state index in [1.807, 2.05) is 0 Å². The minimum absolute atomic E-state index is 0. The van der Waals surface area contributed by atoms with Crippen molar-refractivity contribution in [3.05, 3.63) is 0 Å². The van der Waals surface area contributed by atoms with E-state index in [4.69, 9.17) is 4.74 Å². The second kappa shape index (κ2) is 6.04. The van der Waals surface area contributed by atoms with E-state index in [1.54, 1.807) is 0 Å². The molecular formula is C11H23ClN2O. The Morgan fingerprint density at radius 3 is 2.73 bits per heavy atom. The summed E-state index contributed by atoms with van der Waals surface area (Å²) in [6.07, 6.45) is 4.05. The molecule has 2 fully saturated rings. The lowest BCUT2D eigenvalue weighted by atomic mass is 10.1. The van der Waals surface area contributed by atoms with Gasteiger partial charge in [0.25, 0.3) is 0 Å². The van der Waals surface area contributed by atoms with Gasteiger partial charge in [0.15, 0.2) is 0 Å². The predicted molar refractivity (Wildman–Crippen MR) is 64.5 cm³/mol. The standard InChI is InChI=1S/C11H22N2O.ClH/c1-9(2)13-7-3-5-10(13)11-12-6-4-8-14-11;/h9-12H,3-8H2,1-2H3;1H. The van der Waals surface area contributed by atoms with Crippen LogP contribution in [0.15, 0.2) is 0 Å². The van der Waals surface area contributed by atoms with Crippen LogP contribution < -0.4 is 5.32 Å². The summed E-state index contributed by atoms with van der Waals surface area (Å²) in [7, 11) is 0. The molecule has 15 heavy (non-hydrogen) atoms. The molecule has 4 heteroatoms. The summed E-state index contributed by atoms with van der Waals surface area (Å²) in [6, 6.07) is 1.25. The van der Waals surface area contributed by atoms with Gasteiger partial charge in [-0.05, 0) is 46.2 Å². The molecule has 0 aromatic carbocycles. The molecule has 0 saturated carbocycles. The average molecular weight is 235 g/mol. The van der Waals surface area contributed by atoms with Gasteiger partial charge in [0.2, 0.25) is 0 Å². The number of halogens is 1. The van der Waals surface area contributed by atoms with Crippen LogP contribution >= 0.6 is 12.4 Å². The molecule has 2 saturated heterocycles. The number of nitrogens with zero attached hydrogens (tertiary/aromatic N) is 1. The van der Waals surface area contributed by atoms with Gasteiger partial charge in [-0.2, -0.15) is 0 Å². The summed E-state index contributed by atoms with van der Waals surface area (Å²) in [5, 5.41) is 3.48. The molecular weight excluding hydrogens is 212 g/mol. The summed E-state index contributed by atoms with van der Waals surface area (Å²) >= 11 is 0. The summed E-state index contributed by atoms with van der Waals surface area (Å²) in [5.41, 5.74) is 0. The first-order valence-electron chi connectivity index (χ1n) is 5.90. The SMILES string of the molecule is CC(C)N1CCCC1C1NCCCO1.Cl. The van der Waals surface area contributed by atoms with Crippen molar-refractivity contribution in [1.82, 2.24) is 10.2 Å². The Kier molecular flexibility index (Phi) is 5.33. The second-order valence-electron chi connectivity index (χ2n) is 4.64. The van der Waals surface area contributed by atoms with E-state index in [1.165, 1.54) is 19.4 Å². The number of rotatable bonds is 2. The van der Waals surface area contributed by atoms with E-state index in [0.717, 1.165) is 19.6 Å². The van der Waals surface area contributed by atoms with Gasteiger partial charge < -0.3 is 4.74 Å². The molecule has 0 radical (unpaired) electrons. The molecule has 90 valence electrons. The minimum Gasteiger partial charge on any atom is -0.362 e. The summed E-state index contributed by atoms with van der Waals surface area (Å²) in [5.74, 6) is 0. The molecule has 2 heterocycles. The van der Waals surface area contributed by atoms with Crippen LogP contribution in [-0.4, -0.2) is 42.9 Å². The van der Waals surface area contributed by atoms with Gasteiger partial charge >= 0.3 is 0 Å². The lowest BCUT2D eigenvalue weighted by Crippen LogP contribution is -2.53. The number of likely N-dealkylation sites (tertiary alicyclic amines) is 1. The van der Waals surface area contributed by atoms with Gasteiger partial charge in [0, 0.05) is 18.7 Å². The van der Waals surface area contributed by atoms with Crippen LogP contribution in [0.4, 0.5) is 0 Å². The van der Waals surface area contributed by atoms with Gasteiger partial charge in [-0.1, -0.05) is 0 Å². The molecule has 0 spiro atoms. The molecule has 3 nitrogen and oxygen atoms in total. The van der Waals surface area contributed by atoms with Crippen molar-refractivity contribution in [2.24, 2.45) is 0 Å². The lowest BCUT2D eigenvalue weighted by Gasteiger charge is -2.36. The van der Waals surface area contributed by atoms with Crippen LogP contribution in [0, 0.1) is 0 Å². The molecule has 0 aliphatic carbocycles. The maximum Gasteiger partial charge on any atom is 0.123 e. The fourth-order valence-corrected chi connectivity index (χ4v) is 2.61. The van der Waals surface area contributed by atoms with Gasteiger partial charge in [-0.3, -0.25) is 10.2 Å². The molecule has 2 atom stereocenters. The highest BCUT2D eigenvalue weighted by Crippen LogP contribution is 2.24. The Balaban J connectivity index is 0.00000112. The zero-order valence-electron chi connectivity index (χ0n) is 9.74. The maximum atomic E-state index is 5.79. The summed E-state index contributed by atoms with van der Waals surface area (Å²) in [4.78, 5) is 2.57. The second-order valence-corrected chi connectivity index (χ2v) is 4.64. The topological polar surface area (TPSA) is 24.5 Å². The van der Waals surface area contributed by atoms with Gasteiger partial charge in [0.1, 0.15) is 6.23 Å². The van der Waals surface area contributed by atoms with E-state index in [9.17, 15) is 0 Å². The van der Waals surface area contributed by atoms with Crippen LogP contribution in [0.3, 0.4) is 0 Å². The van der Waals surface area contributed by atoms with Crippen LogP contribution in [0.5, 0.6) is 0 Å². The molecule has 2 rings (SSSR count). The molecule has 0 bridgehead atoms. The molecule has 0 aromatic rings. The molecule has 0 amide bonds. The molecule has 2 unspecified atom stereocenters. The van der Waals surface area contributed by atoms with Crippen molar-refractivity contribution < 1.29 is 4.74 Å². The van der Waals surface area contributed by atoms with Crippen LogP contribution in [0.2, 0.25) is 0 Å². The highest BCUT2D eigenvalue weighted by Gasteiger charge is 2.34. The third kappa shape index (κ3) is 3.06. The van der Waals surface area contributed by atoms with Crippen molar-refractivity contribution in [3.63, 3.8) is 0 Å². The average Bonchev–Trinajstić information content (AvgIpc) is 2.67. The number of hydrogen-bond acceptors (Lipinski definition) is 3. The fraction of sp³-hybridized carbons (Fsp3) is 1.00. The zero-order chi connectivity index (χ0) is 9.97. The van der Waals surface area contributed by atoms with E-state index < -0.39 is 0 Å². The largest absolute Gasteiger partial charge is 0.362 e. The smallest absolute Gasteiger partial charge is 0.123 e. The van der Waals surface area contributed by atoms with Crippen molar-refractivity contribution >= 4 is 12.4 Å². The Morgan fingerprint density at radius 1 is 1.33 bits per heavy atom. The monoisotopic (exact) mass is 234 g/mol. The highest BCUT2D eigenvalue weighted by atomic mass is 35.5. The van der Waals surface area contributed by atoms with Crippen molar-refractivity contribution in [3.8, 4) is 0 Å². The van der Waals surface area contributed by atoms with Gasteiger partial charge in [0.05, 0.1) is 0 Å². The molecule has 0 aromatic heterocycles. The third-order valence-electron chi connectivity index (χ3n) is 3.32. The molecule has 1 N–H and O–H groups in total. The predicted octanol–water partition coefficient (Wildman–Crippen LogP) is 1.62. The third-order valence-corrected chi connectivity index (χ3v) is 3.32. The van der Waals surface area contributed by atoms with E-state index >= 15 is 0 Å². The Hall–Kier alpha value is 0.170. The van der Waals surface area contributed by atoms with E-state index in [-0.39, 0.29) is 18.6 Å². The van der Waals surface area contributed by atoms with Gasteiger partial charge in [-0.15, -0.1) is 12.4 Å². The van der Waals surface area contributed by atoms with Crippen molar-refractivity contribution in [2.75, 3.05) is 19.7 Å². The first-order valence-corrected chi connectivity index (χ1v) is 5.90.